The number of halogens is 2. The van der Waals surface area contributed by atoms with Crippen molar-refractivity contribution < 1.29 is 30.8 Å². The predicted octanol–water partition coefficient (Wildman–Crippen LogP) is -4.51. The molecule has 0 bridgehead atoms. The molecule has 0 aromatic carbocycles. The van der Waals surface area contributed by atoms with Crippen LogP contribution in [0.15, 0.2) is 0 Å². The highest BCUT2D eigenvalue weighted by Gasteiger charge is 2.29. The molecule has 0 saturated heterocycles. The summed E-state index contributed by atoms with van der Waals surface area (Å²) in [5.41, 5.74) is 0. The van der Waals surface area contributed by atoms with Gasteiger partial charge in [-0.15, -0.1) is 0 Å². The fourth-order valence-electron chi connectivity index (χ4n) is 0.863. The monoisotopic (exact) mass is 197 g/mol. The first-order valence-corrected chi connectivity index (χ1v) is 2.78. The summed E-state index contributed by atoms with van der Waals surface area (Å²) in [6.45, 7) is 1.74. The average Bonchev–Trinajstić information content (AvgIpc) is 1.98. The normalized spacial score (nSPS) is 26.3. The molecular formula is C5H11BrFN2+. The Morgan fingerprint density at radius 3 is 2.33 bits per heavy atom. The molecule has 1 atom stereocenters. The molecule has 1 unspecified atom stereocenters. The van der Waals surface area contributed by atoms with Gasteiger partial charge in [-0.25, -0.2) is 4.90 Å². The van der Waals surface area contributed by atoms with Gasteiger partial charge in [0.25, 0.3) is 0 Å². The molecule has 0 aromatic rings. The second kappa shape index (κ2) is 3.27. The van der Waals surface area contributed by atoms with Crippen LogP contribution in [0.1, 0.15) is 0 Å². The first-order valence-electron chi connectivity index (χ1n) is 2.78. The molecule has 1 rings (SSSR count). The third-order valence-electron chi connectivity index (χ3n) is 1.51. The van der Waals surface area contributed by atoms with Crippen molar-refractivity contribution in [2.24, 2.45) is 0 Å². The van der Waals surface area contributed by atoms with Crippen LogP contribution >= 0.6 is 0 Å². The van der Waals surface area contributed by atoms with Crippen molar-refractivity contribution in [1.29, 1.82) is 0 Å². The summed E-state index contributed by atoms with van der Waals surface area (Å²) in [5, 5.41) is 0. The molecule has 1 aliphatic heterocycles. The zero-order valence-electron chi connectivity index (χ0n) is 5.62. The SMILES string of the molecule is C[N+]1=C(F)[NH+](C)CC1.[Br-]. The third kappa shape index (κ3) is 1.72. The molecule has 1 N–H and O–H groups in total. The van der Waals surface area contributed by atoms with Crippen LogP contribution in [0.2, 0.25) is 0 Å². The van der Waals surface area contributed by atoms with Crippen molar-refractivity contribution in [2.75, 3.05) is 27.2 Å². The highest BCUT2D eigenvalue weighted by molar-refractivity contribution is 5.56. The van der Waals surface area contributed by atoms with Gasteiger partial charge in [0.1, 0.15) is 13.6 Å². The van der Waals surface area contributed by atoms with E-state index in [-0.39, 0.29) is 23.1 Å². The van der Waals surface area contributed by atoms with E-state index in [0.29, 0.717) is 0 Å². The maximum absolute atomic E-state index is 12.5. The molecule has 9 heavy (non-hydrogen) atoms. The van der Waals surface area contributed by atoms with Crippen LogP contribution in [0, 0.1) is 0 Å². The molecule has 0 amide bonds. The minimum absolute atomic E-state index is 0. The summed E-state index contributed by atoms with van der Waals surface area (Å²) >= 11 is 0. The fraction of sp³-hybridized carbons (Fsp3) is 0.800. The molecule has 0 fully saturated rings. The molecule has 0 spiro atoms. The number of amidine groups is 1. The number of likely N-dealkylation sites (N-methyl/N-ethyl adjacent to an activating group) is 2. The molecule has 4 heteroatoms. The molecule has 54 valence electrons. The first kappa shape index (κ1) is 9.04. The summed E-state index contributed by atoms with van der Waals surface area (Å²) in [6, 6.07) is 0. The van der Waals surface area contributed by atoms with Crippen LogP contribution in [-0.4, -0.2) is 37.8 Å². The Morgan fingerprint density at radius 1 is 1.67 bits per heavy atom. The van der Waals surface area contributed by atoms with Crippen LogP contribution < -0.4 is 21.9 Å². The van der Waals surface area contributed by atoms with Gasteiger partial charge in [0, 0.05) is 0 Å². The highest BCUT2D eigenvalue weighted by Crippen LogP contribution is 1.75. The maximum Gasteiger partial charge on any atom is 0.535 e. The van der Waals surface area contributed by atoms with E-state index < -0.39 is 0 Å². The Balaban J connectivity index is 0.000000640. The largest absolute Gasteiger partial charge is 1.00 e. The molecular weight excluding hydrogens is 187 g/mol. The van der Waals surface area contributed by atoms with Gasteiger partial charge in [0.2, 0.25) is 0 Å². The summed E-state index contributed by atoms with van der Waals surface area (Å²) in [4.78, 5) is 0.882. The smallest absolute Gasteiger partial charge is 0.535 e. The Morgan fingerprint density at radius 2 is 2.22 bits per heavy atom. The van der Waals surface area contributed by atoms with E-state index in [4.69, 9.17) is 0 Å². The van der Waals surface area contributed by atoms with Gasteiger partial charge in [-0.05, 0) is 0 Å². The van der Waals surface area contributed by atoms with Gasteiger partial charge < -0.3 is 17.0 Å². The van der Waals surface area contributed by atoms with Crippen molar-refractivity contribution in [2.45, 2.75) is 0 Å². The molecule has 1 aliphatic rings. The van der Waals surface area contributed by atoms with E-state index in [1.165, 1.54) is 0 Å². The summed E-state index contributed by atoms with van der Waals surface area (Å²) in [6.07, 6.45) is -0.0370. The lowest BCUT2D eigenvalue weighted by Crippen LogP contribution is -3.09. The highest BCUT2D eigenvalue weighted by atomic mass is 79.9. The Bertz CT molecular complexity index is 135. The van der Waals surface area contributed by atoms with E-state index in [9.17, 15) is 4.39 Å². The lowest BCUT2D eigenvalue weighted by atomic mass is 10.6. The lowest BCUT2D eigenvalue weighted by Gasteiger charge is -1.90. The molecule has 0 saturated carbocycles. The van der Waals surface area contributed by atoms with Crippen molar-refractivity contribution >= 4 is 6.09 Å². The predicted molar refractivity (Wildman–Crippen MR) is 28.9 cm³/mol. The summed E-state index contributed by atoms with van der Waals surface area (Å²) in [5.74, 6) is 0. The van der Waals surface area contributed by atoms with Gasteiger partial charge in [0.15, 0.2) is 6.54 Å². The molecule has 0 aromatic heterocycles. The molecule has 0 radical (unpaired) electrons. The van der Waals surface area contributed by atoms with Gasteiger partial charge in [0.05, 0.1) is 7.05 Å². The van der Waals surface area contributed by atoms with Gasteiger partial charge >= 0.3 is 6.09 Å². The van der Waals surface area contributed by atoms with Crippen LogP contribution in [0.5, 0.6) is 0 Å². The zero-order valence-corrected chi connectivity index (χ0v) is 7.20. The van der Waals surface area contributed by atoms with Crippen molar-refractivity contribution in [3.63, 3.8) is 0 Å². The standard InChI is InChI=1S/C5H10FN2.BrH/c1-7-3-4-8(2)5(7)6;/h3-4H2,1-2H3;1H/q+1;. The molecule has 0 aliphatic carbocycles. The summed E-state index contributed by atoms with van der Waals surface area (Å²) < 4.78 is 14.2. The van der Waals surface area contributed by atoms with Crippen LogP contribution in [0.3, 0.4) is 0 Å². The Hall–Kier alpha value is 0.0400. The Kier molecular flexibility index (Phi) is 3.28. The van der Waals surface area contributed by atoms with Crippen molar-refractivity contribution in [3.05, 3.63) is 0 Å². The van der Waals surface area contributed by atoms with Crippen LogP contribution in [-0.2, 0) is 0 Å². The topological polar surface area (TPSA) is 7.45 Å². The number of quaternary nitrogens is 1. The quantitative estimate of drug-likeness (QED) is 0.296. The molecule has 2 nitrogen and oxygen atoms in total. The average molecular weight is 198 g/mol. The van der Waals surface area contributed by atoms with Crippen molar-refractivity contribution in [3.8, 4) is 0 Å². The number of hydrogen-bond acceptors (Lipinski definition) is 0. The number of hydrogen-bond donors (Lipinski definition) is 1. The molecule has 1 heterocycles. The Labute approximate surface area is 64.7 Å². The van der Waals surface area contributed by atoms with E-state index in [1.807, 2.05) is 7.05 Å². The number of rotatable bonds is 0. The van der Waals surface area contributed by atoms with Crippen molar-refractivity contribution in [1.82, 2.24) is 0 Å². The van der Waals surface area contributed by atoms with E-state index in [1.54, 1.807) is 11.6 Å². The third-order valence-corrected chi connectivity index (χ3v) is 1.51. The van der Waals surface area contributed by atoms with E-state index in [2.05, 4.69) is 0 Å². The van der Waals surface area contributed by atoms with E-state index >= 15 is 0 Å². The van der Waals surface area contributed by atoms with Gasteiger partial charge in [-0.1, -0.05) is 4.39 Å². The lowest BCUT2D eigenvalue weighted by molar-refractivity contribution is -0.785. The minimum Gasteiger partial charge on any atom is -1.00 e. The first-order chi connectivity index (χ1) is 3.72. The van der Waals surface area contributed by atoms with Gasteiger partial charge in [-0.2, -0.15) is 4.58 Å². The fourth-order valence-corrected chi connectivity index (χ4v) is 0.863. The van der Waals surface area contributed by atoms with Gasteiger partial charge in [-0.3, -0.25) is 0 Å². The zero-order chi connectivity index (χ0) is 6.15. The maximum atomic E-state index is 12.5. The van der Waals surface area contributed by atoms with E-state index in [0.717, 1.165) is 18.0 Å². The second-order valence-corrected chi connectivity index (χ2v) is 2.24. The minimum atomic E-state index is -0.0370. The van der Waals surface area contributed by atoms with Crippen LogP contribution in [0.25, 0.3) is 0 Å². The number of nitrogens with one attached hydrogen (secondary N) is 1. The summed E-state index contributed by atoms with van der Waals surface area (Å²) in [7, 11) is 3.60. The number of nitrogens with zero attached hydrogens (tertiary/aromatic N) is 1. The van der Waals surface area contributed by atoms with Crippen LogP contribution in [0.4, 0.5) is 4.39 Å². The second-order valence-electron chi connectivity index (χ2n) is 2.24.